The van der Waals surface area contributed by atoms with Crippen LogP contribution in [-0.2, 0) is 0 Å². The third kappa shape index (κ3) is 6.31. The lowest BCUT2D eigenvalue weighted by molar-refractivity contribution is 0.0749. The number of hydrogen-bond donors (Lipinski definition) is 0. The van der Waals surface area contributed by atoms with Gasteiger partial charge < -0.3 is 0 Å². The number of halogens is 4. The maximum Gasteiger partial charge on any atom is 0.272 e. The van der Waals surface area contributed by atoms with Gasteiger partial charge in [-0.05, 0) is 6.08 Å². The Balaban J connectivity index is 3.65. The Morgan fingerprint density at radius 3 is 2.36 bits per heavy atom. The second-order valence-electron chi connectivity index (χ2n) is 1.77. The zero-order chi connectivity index (χ0) is 8.85. The lowest BCUT2D eigenvalue weighted by atomic mass is 10.3. The second kappa shape index (κ2) is 5.55. The van der Waals surface area contributed by atoms with Crippen LogP contribution in [-0.4, -0.2) is 16.9 Å². The summed E-state index contributed by atoms with van der Waals surface area (Å²) in [6, 6.07) is 0. The first kappa shape index (κ1) is 10.9. The lowest BCUT2D eigenvalue weighted by Gasteiger charge is -1.98. The molecule has 0 heterocycles. The molecule has 0 spiro atoms. The monoisotopic (exact) mass is 202 g/mol. The fourth-order valence-corrected chi connectivity index (χ4v) is 0.560. The van der Waals surface area contributed by atoms with E-state index in [1.807, 2.05) is 0 Å². The predicted octanol–water partition coefficient (Wildman–Crippen LogP) is 3.10. The SMILES string of the molecule is FC(F)C(F)C=CCC(=S)Cl. The summed E-state index contributed by atoms with van der Waals surface area (Å²) in [5.41, 5.74) is 0. The molecule has 0 radical (unpaired) electrons. The first-order chi connectivity index (χ1) is 5.04. The molecule has 0 aliphatic rings. The van der Waals surface area contributed by atoms with Crippen molar-refractivity contribution in [3.8, 4) is 0 Å². The minimum absolute atomic E-state index is 0.128. The van der Waals surface area contributed by atoms with Crippen LogP contribution in [0.15, 0.2) is 12.2 Å². The van der Waals surface area contributed by atoms with Crippen LogP contribution in [0.2, 0.25) is 0 Å². The van der Waals surface area contributed by atoms with E-state index in [0.717, 1.165) is 6.08 Å². The molecule has 0 aromatic heterocycles. The van der Waals surface area contributed by atoms with Crippen molar-refractivity contribution in [2.75, 3.05) is 0 Å². The number of hydrogen-bond acceptors (Lipinski definition) is 1. The van der Waals surface area contributed by atoms with Gasteiger partial charge in [-0.1, -0.05) is 29.9 Å². The van der Waals surface area contributed by atoms with Gasteiger partial charge in [0, 0.05) is 6.42 Å². The Morgan fingerprint density at radius 2 is 2.00 bits per heavy atom. The summed E-state index contributed by atoms with van der Waals surface area (Å²) in [5, 5.41) is 0. The molecule has 5 heteroatoms. The molecule has 0 aliphatic carbocycles. The van der Waals surface area contributed by atoms with Crippen LogP contribution in [0, 0.1) is 0 Å². The number of rotatable bonds is 4. The minimum atomic E-state index is -2.98. The van der Waals surface area contributed by atoms with Gasteiger partial charge in [-0.2, -0.15) is 0 Å². The molecule has 1 unspecified atom stereocenters. The molecule has 0 fully saturated rings. The van der Waals surface area contributed by atoms with E-state index in [1.54, 1.807) is 0 Å². The Kier molecular flexibility index (Phi) is 5.50. The van der Waals surface area contributed by atoms with Crippen molar-refractivity contribution in [2.45, 2.75) is 19.0 Å². The maximum atomic E-state index is 12.1. The molecule has 0 amide bonds. The Morgan fingerprint density at radius 1 is 1.45 bits per heavy atom. The third-order valence-corrected chi connectivity index (χ3v) is 1.16. The molecule has 64 valence electrons. The van der Waals surface area contributed by atoms with Crippen molar-refractivity contribution in [3.05, 3.63) is 12.2 Å². The molecular weight excluding hydrogens is 197 g/mol. The van der Waals surface area contributed by atoms with Gasteiger partial charge in [-0.25, -0.2) is 13.2 Å². The fraction of sp³-hybridized carbons (Fsp3) is 0.500. The van der Waals surface area contributed by atoms with Crippen LogP contribution in [0.3, 0.4) is 0 Å². The molecule has 0 aromatic rings. The highest BCUT2D eigenvalue weighted by Gasteiger charge is 2.14. The zero-order valence-electron chi connectivity index (χ0n) is 5.44. The van der Waals surface area contributed by atoms with Crippen LogP contribution in [0.25, 0.3) is 0 Å². The summed E-state index contributed by atoms with van der Waals surface area (Å²) in [6.45, 7) is 0. The highest BCUT2D eigenvalue weighted by Crippen LogP contribution is 2.07. The van der Waals surface area contributed by atoms with Crippen molar-refractivity contribution < 1.29 is 13.2 Å². The molecule has 0 N–H and O–H groups in total. The van der Waals surface area contributed by atoms with Gasteiger partial charge in [0.2, 0.25) is 0 Å². The average Bonchev–Trinajstić information content (AvgIpc) is 1.86. The van der Waals surface area contributed by atoms with E-state index in [2.05, 4.69) is 12.2 Å². The van der Waals surface area contributed by atoms with Crippen LogP contribution < -0.4 is 0 Å². The van der Waals surface area contributed by atoms with Gasteiger partial charge in [0.15, 0.2) is 6.17 Å². The van der Waals surface area contributed by atoms with Crippen molar-refractivity contribution in [1.82, 2.24) is 0 Å². The maximum absolute atomic E-state index is 12.1. The van der Waals surface area contributed by atoms with Gasteiger partial charge in [-0.15, -0.1) is 0 Å². The average molecular weight is 203 g/mol. The normalized spacial score (nSPS) is 14.3. The molecule has 0 saturated heterocycles. The van der Waals surface area contributed by atoms with Crippen LogP contribution >= 0.6 is 23.8 Å². The molecular formula is C6H6ClF3S. The van der Waals surface area contributed by atoms with E-state index in [0.29, 0.717) is 0 Å². The summed E-state index contributed by atoms with van der Waals surface area (Å²) in [4.78, 5) is 0. The molecule has 11 heavy (non-hydrogen) atoms. The van der Waals surface area contributed by atoms with Gasteiger partial charge in [-0.3, -0.25) is 0 Å². The smallest absolute Gasteiger partial charge is 0.237 e. The first-order valence-electron chi connectivity index (χ1n) is 2.81. The highest BCUT2D eigenvalue weighted by atomic mass is 35.5. The van der Waals surface area contributed by atoms with Crippen molar-refractivity contribution in [3.63, 3.8) is 0 Å². The van der Waals surface area contributed by atoms with Crippen LogP contribution in [0.4, 0.5) is 13.2 Å². The largest absolute Gasteiger partial charge is 0.272 e. The van der Waals surface area contributed by atoms with Gasteiger partial charge >= 0.3 is 0 Å². The van der Waals surface area contributed by atoms with Crippen molar-refractivity contribution in [2.24, 2.45) is 0 Å². The summed E-state index contributed by atoms with van der Waals surface area (Å²) >= 11 is 9.63. The second-order valence-corrected chi connectivity index (χ2v) is 2.94. The quantitative estimate of drug-likeness (QED) is 0.384. The van der Waals surface area contributed by atoms with Crippen molar-refractivity contribution >= 4 is 28.1 Å². The fourth-order valence-electron chi connectivity index (χ4n) is 0.375. The van der Waals surface area contributed by atoms with Gasteiger partial charge in [0.25, 0.3) is 6.43 Å². The Bertz CT molecular complexity index is 158. The van der Waals surface area contributed by atoms with E-state index in [-0.39, 0.29) is 10.7 Å². The molecule has 0 bridgehead atoms. The summed E-state index contributed by atoms with van der Waals surface area (Å²) < 4.78 is 35.1. The number of thiocarbonyl (C=S) groups is 1. The summed E-state index contributed by atoms with van der Waals surface area (Å²) in [7, 11) is 0. The van der Waals surface area contributed by atoms with Gasteiger partial charge in [0.1, 0.15) is 0 Å². The molecule has 1 atom stereocenters. The standard InChI is InChI=1S/C6H6ClF3S/c7-5(11)3-1-2-4(8)6(9)10/h1-2,4,6H,3H2. The van der Waals surface area contributed by atoms with E-state index < -0.39 is 12.6 Å². The van der Waals surface area contributed by atoms with Crippen LogP contribution in [0.5, 0.6) is 0 Å². The van der Waals surface area contributed by atoms with Gasteiger partial charge in [0.05, 0.1) is 4.32 Å². The number of allylic oxidation sites excluding steroid dienone is 2. The third-order valence-electron chi connectivity index (χ3n) is 0.839. The highest BCUT2D eigenvalue weighted by molar-refractivity contribution is 7.83. The Hall–Kier alpha value is -0.0900. The van der Waals surface area contributed by atoms with E-state index in [9.17, 15) is 13.2 Å². The Labute approximate surface area is 73.0 Å². The summed E-state index contributed by atoms with van der Waals surface area (Å²) in [6.07, 6.45) is -3.12. The molecule has 0 nitrogen and oxygen atoms in total. The number of alkyl halides is 3. The first-order valence-corrected chi connectivity index (χ1v) is 3.60. The lowest BCUT2D eigenvalue weighted by Crippen LogP contribution is -2.07. The van der Waals surface area contributed by atoms with Crippen molar-refractivity contribution in [1.29, 1.82) is 0 Å². The summed E-state index contributed by atoms with van der Waals surface area (Å²) in [5.74, 6) is 0. The topological polar surface area (TPSA) is 0 Å². The minimum Gasteiger partial charge on any atom is -0.237 e. The van der Waals surface area contributed by atoms with E-state index in [1.165, 1.54) is 6.08 Å². The molecule has 0 rings (SSSR count). The molecule has 0 saturated carbocycles. The van der Waals surface area contributed by atoms with E-state index >= 15 is 0 Å². The molecule has 0 aromatic carbocycles. The molecule has 0 aliphatic heterocycles. The zero-order valence-corrected chi connectivity index (χ0v) is 7.01. The van der Waals surface area contributed by atoms with Crippen LogP contribution in [0.1, 0.15) is 6.42 Å². The predicted molar refractivity (Wildman–Crippen MR) is 43.1 cm³/mol. The van der Waals surface area contributed by atoms with E-state index in [4.69, 9.17) is 11.6 Å².